The van der Waals surface area contributed by atoms with E-state index in [1.807, 2.05) is 0 Å². The standard InChI is InChI=1S/C19H31NO3/c1-13(2)19(5,14(3)4)10-8-18(23)20-11-9-15-6-7-16(21)17(22)12-15/h6-7,12-14,21-22H,8-11H2,1-5H3,(H,20,23). The van der Waals surface area contributed by atoms with Gasteiger partial charge in [0.2, 0.25) is 5.91 Å². The van der Waals surface area contributed by atoms with Gasteiger partial charge >= 0.3 is 0 Å². The van der Waals surface area contributed by atoms with E-state index in [0.717, 1.165) is 12.0 Å². The van der Waals surface area contributed by atoms with E-state index < -0.39 is 0 Å². The maximum atomic E-state index is 12.0. The van der Waals surface area contributed by atoms with Crippen molar-refractivity contribution < 1.29 is 15.0 Å². The molecule has 0 aliphatic heterocycles. The predicted molar refractivity (Wildman–Crippen MR) is 93.5 cm³/mol. The number of carbonyl (C=O) groups is 1. The van der Waals surface area contributed by atoms with Crippen molar-refractivity contribution in [2.45, 2.75) is 53.9 Å². The van der Waals surface area contributed by atoms with Crippen molar-refractivity contribution in [3.8, 4) is 11.5 Å². The van der Waals surface area contributed by atoms with Crippen LogP contribution in [0.3, 0.4) is 0 Å². The molecule has 1 aromatic rings. The highest BCUT2D eigenvalue weighted by atomic mass is 16.3. The van der Waals surface area contributed by atoms with Crippen molar-refractivity contribution >= 4 is 5.91 Å². The maximum absolute atomic E-state index is 12.0. The van der Waals surface area contributed by atoms with Crippen LogP contribution in [0.1, 0.15) is 53.0 Å². The van der Waals surface area contributed by atoms with Gasteiger partial charge in [0.1, 0.15) is 0 Å². The summed E-state index contributed by atoms with van der Waals surface area (Å²) in [6, 6.07) is 4.73. The lowest BCUT2D eigenvalue weighted by molar-refractivity contribution is -0.122. The van der Waals surface area contributed by atoms with E-state index in [4.69, 9.17) is 0 Å². The van der Waals surface area contributed by atoms with E-state index in [2.05, 4.69) is 39.9 Å². The quantitative estimate of drug-likeness (QED) is 0.637. The number of aromatic hydroxyl groups is 2. The average Bonchev–Trinajstić information content (AvgIpc) is 2.48. The molecule has 0 heterocycles. The molecule has 130 valence electrons. The Hall–Kier alpha value is -1.71. The first-order valence-electron chi connectivity index (χ1n) is 8.44. The zero-order valence-corrected chi connectivity index (χ0v) is 15.0. The van der Waals surface area contributed by atoms with E-state index in [-0.39, 0.29) is 22.8 Å². The molecular formula is C19H31NO3. The van der Waals surface area contributed by atoms with Crippen LogP contribution in [0, 0.1) is 17.3 Å². The molecule has 1 amide bonds. The minimum atomic E-state index is -0.126. The first kappa shape index (κ1) is 19.3. The lowest BCUT2D eigenvalue weighted by Crippen LogP contribution is -2.33. The predicted octanol–water partition coefficient (Wildman–Crippen LogP) is 3.86. The summed E-state index contributed by atoms with van der Waals surface area (Å²) in [6.07, 6.45) is 2.05. The van der Waals surface area contributed by atoms with E-state index in [1.165, 1.54) is 12.1 Å². The van der Waals surface area contributed by atoms with Gasteiger partial charge < -0.3 is 15.5 Å². The second kappa shape index (κ2) is 8.23. The Kier molecular flexibility index (Phi) is 6.92. The summed E-state index contributed by atoms with van der Waals surface area (Å²) in [7, 11) is 0. The Morgan fingerprint density at radius 3 is 2.26 bits per heavy atom. The van der Waals surface area contributed by atoms with Crippen LogP contribution in [-0.4, -0.2) is 22.7 Å². The van der Waals surface area contributed by atoms with Crippen molar-refractivity contribution in [1.82, 2.24) is 5.32 Å². The number of rotatable bonds is 8. The molecule has 0 spiro atoms. The third-order valence-corrected chi connectivity index (χ3v) is 5.30. The van der Waals surface area contributed by atoms with Crippen molar-refractivity contribution in [2.24, 2.45) is 17.3 Å². The van der Waals surface area contributed by atoms with Crippen LogP contribution in [0.15, 0.2) is 18.2 Å². The highest BCUT2D eigenvalue weighted by molar-refractivity contribution is 5.75. The van der Waals surface area contributed by atoms with Gasteiger partial charge in [0.05, 0.1) is 0 Å². The largest absolute Gasteiger partial charge is 0.504 e. The van der Waals surface area contributed by atoms with Gasteiger partial charge in [-0.05, 0) is 47.8 Å². The molecule has 0 saturated heterocycles. The number of hydrogen-bond donors (Lipinski definition) is 3. The zero-order valence-electron chi connectivity index (χ0n) is 15.0. The zero-order chi connectivity index (χ0) is 17.6. The minimum absolute atomic E-state index is 0.0699. The van der Waals surface area contributed by atoms with Crippen molar-refractivity contribution in [3.63, 3.8) is 0 Å². The van der Waals surface area contributed by atoms with E-state index in [9.17, 15) is 15.0 Å². The fraction of sp³-hybridized carbons (Fsp3) is 0.632. The van der Waals surface area contributed by atoms with Crippen molar-refractivity contribution in [2.75, 3.05) is 6.54 Å². The fourth-order valence-electron chi connectivity index (χ4n) is 2.79. The second-order valence-corrected chi connectivity index (χ2v) is 7.24. The summed E-state index contributed by atoms with van der Waals surface area (Å²) >= 11 is 0. The molecule has 0 aromatic heterocycles. The van der Waals surface area contributed by atoms with Gasteiger partial charge in [-0.15, -0.1) is 0 Å². The molecule has 0 saturated carbocycles. The SMILES string of the molecule is CC(C)C(C)(CCC(=O)NCCc1ccc(O)c(O)c1)C(C)C. The van der Waals surface area contributed by atoms with Crippen LogP contribution in [0.25, 0.3) is 0 Å². The second-order valence-electron chi connectivity index (χ2n) is 7.24. The summed E-state index contributed by atoms with van der Waals surface area (Å²) in [5.74, 6) is 0.893. The molecule has 23 heavy (non-hydrogen) atoms. The molecule has 3 N–H and O–H groups in total. The summed E-state index contributed by atoms with van der Waals surface area (Å²) < 4.78 is 0. The number of amides is 1. The molecule has 0 aliphatic rings. The first-order chi connectivity index (χ1) is 10.7. The smallest absolute Gasteiger partial charge is 0.220 e. The Bertz CT molecular complexity index is 515. The molecule has 0 unspecified atom stereocenters. The van der Waals surface area contributed by atoms with E-state index >= 15 is 0 Å². The lowest BCUT2D eigenvalue weighted by Gasteiger charge is -2.38. The Morgan fingerprint density at radius 1 is 1.13 bits per heavy atom. The van der Waals surface area contributed by atoms with Crippen molar-refractivity contribution in [1.29, 1.82) is 0 Å². The van der Waals surface area contributed by atoms with Gasteiger partial charge in [0.25, 0.3) is 0 Å². The molecule has 0 radical (unpaired) electrons. The van der Waals surface area contributed by atoms with E-state index in [1.54, 1.807) is 6.07 Å². The molecule has 0 fully saturated rings. The van der Waals surface area contributed by atoms with Gasteiger partial charge in [0, 0.05) is 13.0 Å². The minimum Gasteiger partial charge on any atom is -0.504 e. The highest BCUT2D eigenvalue weighted by Gasteiger charge is 2.32. The maximum Gasteiger partial charge on any atom is 0.220 e. The Labute approximate surface area is 139 Å². The fourth-order valence-corrected chi connectivity index (χ4v) is 2.79. The molecule has 1 aromatic carbocycles. The molecular weight excluding hydrogens is 290 g/mol. The molecule has 4 nitrogen and oxygen atoms in total. The van der Waals surface area contributed by atoms with E-state index in [0.29, 0.717) is 31.2 Å². The van der Waals surface area contributed by atoms with Crippen LogP contribution in [0.2, 0.25) is 0 Å². The van der Waals surface area contributed by atoms with Crippen LogP contribution in [0.5, 0.6) is 11.5 Å². The van der Waals surface area contributed by atoms with Crippen LogP contribution < -0.4 is 5.32 Å². The van der Waals surface area contributed by atoms with Gasteiger partial charge in [-0.1, -0.05) is 40.7 Å². The number of hydrogen-bond acceptors (Lipinski definition) is 3. The van der Waals surface area contributed by atoms with Gasteiger partial charge in [-0.2, -0.15) is 0 Å². The highest BCUT2D eigenvalue weighted by Crippen LogP contribution is 2.39. The Balaban J connectivity index is 2.41. The summed E-state index contributed by atoms with van der Waals surface area (Å²) in [6.45, 7) is 11.7. The summed E-state index contributed by atoms with van der Waals surface area (Å²) in [4.78, 5) is 12.0. The van der Waals surface area contributed by atoms with Crippen LogP contribution in [0.4, 0.5) is 0 Å². The number of nitrogens with one attached hydrogen (secondary N) is 1. The molecule has 0 aliphatic carbocycles. The van der Waals surface area contributed by atoms with Crippen LogP contribution in [-0.2, 0) is 11.2 Å². The first-order valence-corrected chi connectivity index (χ1v) is 8.44. The van der Waals surface area contributed by atoms with Gasteiger partial charge in [0.15, 0.2) is 11.5 Å². The molecule has 0 bridgehead atoms. The number of phenolic OH excluding ortho intramolecular Hbond substituents is 2. The third-order valence-electron chi connectivity index (χ3n) is 5.30. The van der Waals surface area contributed by atoms with Crippen LogP contribution >= 0.6 is 0 Å². The molecule has 0 atom stereocenters. The number of phenols is 2. The average molecular weight is 321 g/mol. The summed E-state index contributed by atoms with van der Waals surface area (Å²) in [5.41, 5.74) is 1.05. The monoisotopic (exact) mass is 321 g/mol. The third kappa shape index (κ3) is 5.45. The Morgan fingerprint density at radius 2 is 1.74 bits per heavy atom. The van der Waals surface area contributed by atoms with Gasteiger partial charge in [-0.3, -0.25) is 4.79 Å². The number of benzene rings is 1. The molecule has 1 rings (SSSR count). The summed E-state index contributed by atoms with van der Waals surface area (Å²) in [5, 5.41) is 21.7. The lowest BCUT2D eigenvalue weighted by atomic mass is 9.68. The van der Waals surface area contributed by atoms with Gasteiger partial charge in [-0.25, -0.2) is 0 Å². The topological polar surface area (TPSA) is 69.6 Å². The van der Waals surface area contributed by atoms with Crippen molar-refractivity contribution in [3.05, 3.63) is 23.8 Å². The normalized spacial score (nSPS) is 12.0. The number of carbonyl (C=O) groups excluding carboxylic acids is 1. The molecule has 4 heteroatoms.